The van der Waals surface area contributed by atoms with Gasteiger partial charge in [-0.1, -0.05) is 18.2 Å². The Morgan fingerprint density at radius 2 is 1.90 bits per heavy atom. The second kappa shape index (κ2) is 9.08. The van der Waals surface area contributed by atoms with Gasteiger partial charge in [-0.05, 0) is 91.8 Å². The lowest BCUT2D eigenvalue weighted by Crippen LogP contribution is -2.56. The number of amides is 3. The monoisotopic (exact) mass is 530 g/mol. The summed E-state index contributed by atoms with van der Waals surface area (Å²) in [5.74, 6) is -0.0154. The van der Waals surface area contributed by atoms with Crippen LogP contribution in [0.25, 0.3) is 11.1 Å². The molecule has 2 bridgehead atoms. The van der Waals surface area contributed by atoms with Gasteiger partial charge < -0.3 is 15.4 Å². The maximum atomic E-state index is 15.2. The summed E-state index contributed by atoms with van der Waals surface area (Å²) in [5.41, 5.74) is 2.71. The van der Waals surface area contributed by atoms with Crippen LogP contribution in [0, 0.1) is 34.9 Å². The van der Waals surface area contributed by atoms with Crippen molar-refractivity contribution in [2.45, 2.75) is 70.2 Å². The molecule has 3 amide bonds. The predicted molar refractivity (Wildman–Crippen MR) is 141 cm³/mol. The minimum Gasteiger partial charge on any atom is -0.444 e. The largest absolute Gasteiger partial charge is 0.444 e. The van der Waals surface area contributed by atoms with Crippen molar-refractivity contribution in [1.29, 1.82) is 5.26 Å². The van der Waals surface area contributed by atoms with Crippen LogP contribution in [-0.4, -0.2) is 46.5 Å². The molecule has 2 aromatic rings. The Morgan fingerprint density at radius 1 is 1.15 bits per heavy atom. The van der Waals surface area contributed by atoms with E-state index >= 15 is 4.39 Å². The van der Waals surface area contributed by atoms with Crippen molar-refractivity contribution in [2.75, 3.05) is 5.32 Å². The summed E-state index contributed by atoms with van der Waals surface area (Å²) >= 11 is 0. The molecule has 202 valence electrons. The van der Waals surface area contributed by atoms with Crippen LogP contribution in [0.3, 0.4) is 0 Å². The van der Waals surface area contributed by atoms with Gasteiger partial charge in [-0.3, -0.25) is 14.5 Å². The highest BCUT2D eigenvalue weighted by Gasteiger charge is 2.67. The van der Waals surface area contributed by atoms with Crippen molar-refractivity contribution >= 4 is 23.6 Å². The standard InChI is InChI=1S/C30H31FN4O4/c1-30(2,3)39-29(38)35-25-13-22(20-12-21(20)25)27(35)28(37)33-19(14-32)9-17-5-4-16(10-23(17)31)15-6-7-24-18(8-15)11-26(36)34-24/h4-8,10,19-22,25,27H,9,11-13H2,1-3H3,(H,33,37)(H,34,36)/t19-,20+,21-,22+,25-,27-/m0/s1. The molecule has 39 heavy (non-hydrogen) atoms. The Bertz CT molecular complexity index is 1430. The van der Waals surface area contributed by atoms with Gasteiger partial charge in [-0.25, -0.2) is 9.18 Å². The number of carbonyl (C=O) groups is 3. The Hall–Kier alpha value is -3.93. The third-order valence-electron chi connectivity index (χ3n) is 8.40. The normalized spacial score (nSPS) is 26.8. The topological polar surface area (TPSA) is 112 Å². The molecule has 2 saturated carbocycles. The van der Waals surface area contributed by atoms with Gasteiger partial charge in [0, 0.05) is 18.2 Å². The van der Waals surface area contributed by atoms with Gasteiger partial charge in [-0.15, -0.1) is 0 Å². The Labute approximate surface area is 226 Å². The predicted octanol–water partition coefficient (Wildman–Crippen LogP) is 4.18. The third kappa shape index (κ3) is 4.62. The maximum absolute atomic E-state index is 15.2. The lowest BCUT2D eigenvalue weighted by atomic mass is 9.95. The van der Waals surface area contributed by atoms with Crippen LogP contribution in [0.15, 0.2) is 36.4 Å². The molecule has 6 rings (SSSR count). The number of ether oxygens (including phenoxy) is 1. The lowest BCUT2D eigenvalue weighted by Gasteiger charge is -2.35. The number of carbonyl (C=O) groups excluding carboxylic acids is 3. The number of hydrogen-bond donors (Lipinski definition) is 2. The lowest BCUT2D eigenvalue weighted by molar-refractivity contribution is -0.128. The van der Waals surface area contributed by atoms with Crippen LogP contribution < -0.4 is 10.6 Å². The molecule has 3 fully saturated rings. The minimum atomic E-state index is -0.954. The smallest absolute Gasteiger partial charge is 0.411 e. The average Bonchev–Trinajstić information content (AvgIpc) is 3.28. The third-order valence-corrected chi connectivity index (χ3v) is 8.40. The van der Waals surface area contributed by atoms with Gasteiger partial charge in [0.2, 0.25) is 11.8 Å². The molecule has 2 aliphatic heterocycles. The molecular weight excluding hydrogens is 499 g/mol. The van der Waals surface area contributed by atoms with Crippen LogP contribution in [0.5, 0.6) is 0 Å². The van der Waals surface area contributed by atoms with Gasteiger partial charge >= 0.3 is 6.09 Å². The molecule has 9 heteroatoms. The summed E-state index contributed by atoms with van der Waals surface area (Å²) in [6, 6.07) is 10.7. The quantitative estimate of drug-likeness (QED) is 0.603. The number of likely N-dealkylation sites (tertiary alicyclic amines) is 1. The molecule has 2 heterocycles. The second-order valence-electron chi connectivity index (χ2n) is 12.2. The molecule has 2 aromatic carbocycles. The first kappa shape index (κ1) is 25.4. The van der Waals surface area contributed by atoms with E-state index in [9.17, 15) is 19.6 Å². The van der Waals surface area contributed by atoms with E-state index in [1.165, 1.54) is 6.07 Å². The van der Waals surface area contributed by atoms with E-state index in [4.69, 9.17) is 4.74 Å². The molecule has 1 saturated heterocycles. The minimum absolute atomic E-state index is 0.00370. The van der Waals surface area contributed by atoms with E-state index in [0.717, 1.165) is 29.7 Å². The van der Waals surface area contributed by atoms with Crippen molar-refractivity contribution in [3.05, 3.63) is 53.3 Å². The number of nitrogens with zero attached hydrogens (tertiary/aromatic N) is 2. The second-order valence-corrected chi connectivity index (χ2v) is 12.2. The van der Waals surface area contributed by atoms with Crippen LogP contribution in [-0.2, 0) is 27.2 Å². The van der Waals surface area contributed by atoms with Crippen molar-refractivity contribution in [2.24, 2.45) is 17.8 Å². The van der Waals surface area contributed by atoms with Gasteiger partial charge in [-0.2, -0.15) is 5.26 Å². The molecule has 6 atom stereocenters. The Morgan fingerprint density at radius 3 is 2.62 bits per heavy atom. The molecule has 2 N–H and O–H groups in total. The molecule has 0 aromatic heterocycles. The molecule has 0 unspecified atom stereocenters. The molecule has 4 aliphatic rings. The maximum Gasteiger partial charge on any atom is 0.411 e. The van der Waals surface area contributed by atoms with Crippen LogP contribution >= 0.6 is 0 Å². The highest BCUT2D eigenvalue weighted by Crippen LogP contribution is 2.63. The van der Waals surface area contributed by atoms with E-state index in [0.29, 0.717) is 29.4 Å². The van der Waals surface area contributed by atoms with Gasteiger partial charge in [0.15, 0.2) is 0 Å². The number of benzene rings is 2. The fourth-order valence-corrected chi connectivity index (χ4v) is 6.69. The first-order valence-electron chi connectivity index (χ1n) is 13.5. The first-order chi connectivity index (χ1) is 18.5. The molecule has 8 nitrogen and oxygen atoms in total. The molecule has 2 aliphatic carbocycles. The van der Waals surface area contributed by atoms with E-state index in [2.05, 4.69) is 16.7 Å². The van der Waals surface area contributed by atoms with Crippen LogP contribution in [0.4, 0.5) is 14.9 Å². The SMILES string of the molecule is CC(C)(C)OC(=O)N1[C@H](C(=O)N[C@H](C#N)Cc2ccc(-c3ccc4c(c3)CC(=O)N4)cc2F)[C@@H]2C[C@H]1[C@H]1C[C@@H]21. The van der Waals surface area contributed by atoms with Crippen molar-refractivity contribution in [3.63, 3.8) is 0 Å². The highest BCUT2D eigenvalue weighted by molar-refractivity contribution is 5.99. The van der Waals surface area contributed by atoms with Gasteiger partial charge in [0.1, 0.15) is 23.5 Å². The number of hydrogen-bond acceptors (Lipinski definition) is 5. The summed E-state index contributed by atoms with van der Waals surface area (Å²) < 4.78 is 20.8. The average molecular weight is 531 g/mol. The van der Waals surface area contributed by atoms with Crippen molar-refractivity contribution < 1.29 is 23.5 Å². The molecule has 0 spiro atoms. The Kier molecular flexibility index (Phi) is 5.90. The van der Waals surface area contributed by atoms with Crippen LogP contribution in [0.1, 0.15) is 44.7 Å². The number of nitrogens with one attached hydrogen (secondary N) is 2. The van der Waals surface area contributed by atoms with Crippen molar-refractivity contribution in [1.82, 2.24) is 10.2 Å². The Balaban J connectivity index is 1.15. The van der Waals surface area contributed by atoms with E-state index < -0.39 is 29.6 Å². The number of rotatable bonds is 5. The zero-order valence-electron chi connectivity index (χ0n) is 22.2. The molecular formula is C30H31FN4O4. The fourth-order valence-electron chi connectivity index (χ4n) is 6.69. The zero-order valence-corrected chi connectivity index (χ0v) is 22.2. The zero-order chi connectivity index (χ0) is 27.6. The fraction of sp³-hybridized carbons (Fsp3) is 0.467. The molecule has 0 radical (unpaired) electrons. The summed E-state index contributed by atoms with van der Waals surface area (Å²) in [6.07, 6.45) is 1.57. The highest BCUT2D eigenvalue weighted by atomic mass is 19.1. The van der Waals surface area contributed by atoms with Gasteiger partial charge in [0.25, 0.3) is 0 Å². The summed E-state index contributed by atoms with van der Waals surface area (Å²) in [6.45, 7) is 5.38. The number of fused-ring (bicyclic) bond motifs is 6. The number of anilines is 1. The van der Waals surface area contributed by atoms with Crippen LogP contribution in [0.2, 0.25) is 0 Å². The van der Waals surface area contributed by atoms with E-state index in [1.807, 2.05) is 18.2 Å². The summed E-state index contributed by atoms with van der Waals surface area (Å²) in [5, 5.41) is 15.4. The summed E-state index contributed by atoms with van der Waals surface area (Å²) in [4.78, 5) is 39.7. The van der Waals surface area contributed by atoms with Crippen molar-refractivity contribution in [3.8, 4) is 17.2 Å². The summed E-state index contributed by atoms with van der Waals surface area (Å²) in [7, 11) is 0. The first-order valence-corrected chi connectivity index (χ1v) is 13.5. The van der Waals surface area contributed by atoms with E-state index in [1.54, 1.807) is 37.8 Å². The van der Waals surface area contributed by atoms with E-state index in [-0.39, 0.29) is 30.2 Å². The van der Waals surface area contributed by atoms with Gasteiger partial charge in [0.05, 0.1) is 12.5 Å². The number of halogens is 1. The number of nitriles is 1. The number of piperidine rings is 1.